The molecule has 1 fully saturated rings. The summed E-state index contributed by atoms with van der Waals surface area (Å²) < 4.78 is 5.73. The first-order chi connectivity index (χ1) is 9.24. The Balaban J connectivity index is 1.86. The van der Waals surface area contributed by atoms with Crippen LogP contribution in [-0.2, 0) is 6.42 Å². The number of rotatable bonds is 4. The Bertz CT molecular complexity index is 579. The van der Waals surface area contributed by atoms with Crippen LogP contribution in [0.25, 0.3) is 11.3 Å². The molecule has 0 saturated heterocycles. The fourth-order valence-electron chi connectivity index (χ4n) is 1.85. The number of halogens is 1. The molecule has 4 heteroatoms. The van der Waals surface area contributed by atoms with Crippen LogP contribution in [0.4, 0.5) is 0 Å². The van der Waals surface area contributed by atoms with Gasteiger partial charge in [-0.3, -0.25) is 0 Å². The summed E-state index contributed by atoms with van der Waals surface area (Å²) in [6.45, 7) is 2.02. The van der Waals surface area contributed by atoms with Gasteiger partial charge in [-0.05, 0) is 37.1 Å². The zero-order valence-electron chi connectivity index (χ0n) is 10.8. The van der Waals surface area contributed by atoms with Crippen molar-refractivity contribution in [2.45, 2.75) is 32.3 Å². The molecule has 98 valence electrons. The second kappa shape index (κ2) is 5.17. The number of aryl methyl sites for hydroxylation is 1. The molecule has 0 aliphatic heterocycles. The van der Waals surface area contributed by atoms with Crippen molar-refractivity contribution in [1.82, 2.24) is 9.97 Å². The molecule has 0 spiro atoms. The third kappa shape index (κ3) is 3.04. The van der Waals surface area contributed by atoms with E-state index in [1.54, 1.807) is 6.07 Å². The summed E-state index contributed by atoms with van der Waals surface area (Å²) in [5.41, 5.74) is 1.89. The molecule has 0 radical (unpaired) electrons. The summed E-state index contributed by atoms with van der Waals surface area (Å²) in [5, 5.41) is 0.486. The lowest BCUT2D eigenvalue weighted by molar-refractivity contribution is 0.303. The van der Waals surface area contributed by atoms with E-state index in [1.807, 2.05) is 31.2 Å². The van der Waals surface area contributed by atoms with Crippen LogP contribution in [0, 0.1) is 0 Å². The Morgan fingerprint density at radius 2 is 1.95 bits per heavy atom. The maximum absolute atomic E-state index is 6.01. The minimum Gasteiger partial charge on any atom is -0.490 e. The minimum absolute atomic E-state index is 0.422. The van der Waals surface area contributed by atoms with Gasteiger partial charge in [0.15, 0.2) is 0 Å². The molecular weight excluding hydrogens is 260 g/mol. The van der Waals surface area contributed by atoms with E-state index in [0.29, 0.717) is 11.3 Å². The second-order valence-electron chi connectivity index (χ2n) is 4.69. The van der Waals surface area contributed by atoms with Crippen LogP contribution in [0.2, 0.25) is 5.15 Å². The predicted octanol–water partition coefficient (Wildman–Crippen LogP) is 3.90. The lowest BCUT2D eigenvalue weighted by Gasteiger charge is -2.07. The highest BCUT2D eigenvalue weighted by molar-refractivity contribution is 6.29. The van der Waals surface area contributed by atoms with Crippen molar-refractivity contribution in [2.24, 2.45) is 0 Å². The molecule has 1 aromatic heterocycles. The average molecular weight is 275 g/mol. The highest BCUT2D eigenvalue weighted by Crippen LogP contribution is 2.28. The van der Waals surface area contributed by atoms with Gasteiger partial charge in [-0.1, -0.05) is 18.5 Å². The molecule has 0 bridgehead atoms. The predicted molar refractivity (Wildman–Crippen MR) is 75.5 cm³/mol. The summed E-state index contributed by atoms with van der Waals surface area (Å²) >= 11 is 6.01. The topological polar surface area (TPSA) is 35.0 Å². The molecule has 0 atom stereocenters. The van der Waals surface area contributed by atoms with Crippen molar-refractivity contribution < 1.29 is 4.74 Å². The van der Waals surface area contributed by atoms with Gasteiger partial charge in [0.1, 0.15) is 16.7 Å². The first kappa shape index (κ1) is 12.4. The largest absolute Gasteiger partial charge is 0.490 e. The van der Waals surface area contributed by atoms with Crippen LogP contribution in [0.15, 0.2) is 30.3 Å². The van der Waals surface area contributed by atoms with E-state index < -0.39 is 0 Å². The van der Waals surface area contributed by atoms with Crippen LogP contribution in [0.1, 0.15) is 25.6 Å². The monoisotopic (exact) mass is 274 g/mol. The highest BCUT2D eigenvalue weighted by atomic mass is 35.5. The number of hydrogen-bond donors (Lipinski definition) is 0. The van der Waals surface area contributed by atoms with Crippen molar-refractivity contribution in [2.75, 3.05) is 0 Å². The quantitative estimate of drug-likeness (QED) is 0.793. The van der Waals surface area contributed by atoms with Gasteiger partial charge >= 0.3 is 0 Å². The molecular formula is C15H15ClN2O. The van der Waals surface area contributed by atoms with E-state index in [-0.39, 0.29) is 0 Å². The number of ether oxygens (including phenoxy) is 1. The Morgan fingerprint density at radius 3 is 2.58 bits per heavy atom. The van der Waals surface area contributed by atoms with Gasteiger partial charge in [-0.25, -0.2) is 9.97 Å². The van der Waals surface area contributed by atoms with Gasteiger partial charge in [0.2, 0.25) is 0 Å². The van der Waals surface area contributed by atoms with Gasteiger partial charge in [-0.15, -0.1) is 0 Å². The third-order valence-corrected chi connectivity index (χ3v) is 3.23. The minimum atomic E-state index is 0.422. The van der Waals surface area contributed by atoms with Crippen LogP contribution in [0.3, 0.4) is 0 Å². The van der Waals surface area contributed by atoms with Crippen molar-refractivity contribution in [3.8, 4) is 17.0 Å². The zero-order valence-corrected chi connectivity index (χ0v) is 11.5. The summed E-state index contributed by atoms with van der Waals surface area (Å²) in [7, 11) is 0. The van der Waals surface area contributed by atoms with Crippen LogP contribution >= 0.6 is 11.6 Å². The van der Waals surface area contributed by atoms with E-state index >= 15 is 0 Å². The first-order valence-electron chi connectivity index (χ1n) is 6.55. The summed E-state index contributed by atoms with van der Waals surface area (Å²) in [4.78, 5) is 8.66. The Morgan fingerprint density at radius 1 is 1.21 bits per heavy atom. The van der Waals surface area contributed by atoms with Gasteiger partial charge in [0.05, 0.1) is 11.8 Å². The maximum atomic E-state index is 6.01. The van der Waals surface area contributed by atoms with E-state index in [4.69, 9.17) is 16.3 Å². The summed E-state index contributed by atoms with van der Waals surface area (Å²) in [6, 6.07) is 9.77. The Hall–Kier alpha value is -1.61. The summed E-state index contributed by atoms with van der Waals surface area (Å²) in [5.74, 6) is 1.68. The van der Waals surface area contributed by atoms with Gasteiger partial charge < -0.3 is 4.74 Å². The molecule has 1 aliphatic carbocycles. The smallest absolute Gasteiger partial charge is 0.133 e. The van der Waals surface area contributed by atoms with Gasteiger partial charge in [0.25, 0.3) is 0 Å². The van der Waals surface area contributed by atoms with Gasteiger partial charge in [0, 0.05) is 18.1 Å². The average Bonchev–Trinajstić information content (AvgIpc) is 3.23. The van der Waals surface area contributed by atoms with E-state index in [2.05, 4.69) is 9.97 Å². The first-order valence-corrected chi connectivity index (χ1v) is 6.93. The number of hydrogen-bond acceptors (Lipinski definition) is 3. The van der Waals surface area contributed by atoms with Gasteiger partial charge in [-0.2, -0.15) is 0 Å². The molecule has 1 aliphatic rings. The molecule has 0 amide bonds. The molecule has 1 aromatic carbocycles. The Kier molecular flexibility index (Phi) is 3.38. The van der Waals surface area contributed by atoms with E-state index in [9.17, 15) is 0 Å². The van der Waals surface area contributed by atoms with Crippen molar-refractivity contribution in [3.05, 3.63) is 41.3 Å². The molecule has 0 N–H and O–H groups in total. The fraction of sp³-hybridized carbons (Fsp3) is 0.333. The Labute approximate surface area is 117 Å². The van der Waals surface area contributed by atoms with Crippen LogP contribution in [0.5, 0.6) is 5.75 Å². The van der Waals surface area contributed by atoms with E-state index in [0.717, 1.165) is 29.3 Å². The lowest BCUT2D eigenvalue weighted by Crippen LogP contribution is -1.97. The SMILES string of the molecule is CCc1nc(Cl)cc(-c2ccc(OC3CC3)cc2)n1. The molecule has 1 heterocycles. The number of aromatic nitrogens is 2. The standard InChI is InChI=1S/C15H15ClN2O/c1-2-15-17-13(9-14(16)18-15)10-3-5-11(6-4-10)19-12-7-8-12/h3-6,9,12H,2,7-8H2,1H3. The molecule has 2 aromatic rings. The number of nitrogens with zero attached hydrogens (tertiary/aromatic N) is 2. The highest BCUT2D eigenvalue weighted by Gasteiger charge is 2.23. The molecule has 3 nitrogen and oxygen atoms in total. The zero-order chi connectivity index (χ0) is 13.2. The molecule has 1 saturated carbocycles. The second-order valence-corrected chi connectivity index (χ2v) is 5.07. The number of benzene rings is 1. The van der Waals surface area contributed by atoms with Crippen molar-refractivity contribution in [3.63, 3.8) is 0 Å². The van der Waals surface area contributed by atoms with E-state index in [1.165, 1.54) is 12.8 Å². The van der Waals surface area contributed by atoms with Crippen LogP contribution in [-0.4, -0.2) is 16.1 Å². The van der Waals surface area contributed by atoms with Crippen molar-refractivity contribution >= 4 is 11.6 Å². The third-order valence-electron chi connectivity index (χ3n) is 3.03. The molecule has 19 heavy (non-hydrogen) atoms. The normalized spacial score (nSPS) is 14.4. The maximum Gasteiger partial charge on any atom is 0.133 e. The molecule has 0 unspecified atom stereocenters. The molecule has 3 rings (SSSR count). The van der Waals surface area contributed by atoms with Crippen LogP contribution < -0.4 is 4.74 Å². The van der Waals surface area contributed by atoms with Crippen molar-refractivity contribution in [1.29, 1.82) is 0 Å². The fourth-order valence-corrected chi connectivity index (χ4v) is 2.05. The lowest BCUT2D eigenvalue weighted by atomic mass is 10.1. The summed E-state index contributed by atoms with van der Waals surface area (Å²) in [6.07, 6.45) is 3.54.